The van der Waals surface area contributed by atoms with Crippen LogP contribution in [-0.2, 0) is 28.9 Å². The molecule has 2 aromatic rings. The zero-order valence-electron chi connectivity index (χ0n) is 16.9. The van der Waals surface area contributed by atoms with E-state index in [-0.39, 0.29) is 12.2 Å². The number of aryl methyl sites for hydroxylation is 1. The van der Waals surface area contributed by atoms with Gasteiger partial charge in [0.15, 0.2) is 6.10 Å². The van der Waals surface area contributed by atoms with E-state index >= 15 is 0 Å². The first-order valence-corrected chi connectivity index (χ1v) is 10.9. The number of nitrogens with zero attached hydrogens (tertiary/aromatic N) is 3. The fraction of sp³-hybridized carbons (Fsp3) is 0.565. The molecule has 5 rings (SSSR count). The van der Waals surface area contributed by atoms with E-state index in [9.17, 15) is 0 Å². The molecular weight excluding hydrogens is 366 g/mol. The number of anilines is 1. The molecule has 0 saturated carbocycles. The van der Waals surface area contributed by atoms with Crippen molar-refractivity contribution in [2.45, 2.75) is 57.3 Å². The Balaban J connectivity index is 1.31. The molecule has 1 aromatic heterocycles. The molecule has 2 fully saturated rings. The average molecular weight is 396 g/mol. The highest BCUT2D eigenvalue weighted by atomic mass is 16.6. The minimum Gasteiger partial charge on any atom is -0.469 e. The topological polar surface area (TPSA) is 56.7 Å². The molecule has 2 atom stereocenters. The number of hydrogen-bond donors (Lipinski definition) is 0. The molecule has 0 unspecified atom stereocenters. The smallest absolute Gasteiger partial charge is 0.228 e. The van der Waals surface area contributed by atoms with Crippen LogP contribution in [0.15, 0.2) is 30.3 Å². The van der Waals surface area contributed by atoms with Crippen LogP contribution in [0.2, 0.25) is 0 Å². The van der Waals surface area contributed by atoms with Gasteiger partial charge in [-0.05, 0) is 44.1 Å². The van der Waals surface area contributed by atoms with Crippen LogP contribution in [-0.4, -0.2) is 48.5 Å². The Hall–Kier alpha value is -2.18. The van der Waals surface area contributed by atoms with Gasteiger partial charge in [-0.1, -0.05) is 30.3 Å². The lowest BCUT2D eigenvalue weighted by atomic mass is 10.1. The summed E-state index contributed by atoms with van der Waals surface area (Å²) in [6, 6.07) is 10.2. The molecule has 29 heavy (non-hydrogen) atoms. The van der Waals surface area contributed by atoms with Gasteiger partial charge in [-0.2, -0.15) is 4.98 Å². The SMILES string of the molecule is c1ccc(CO[C@@H]2COC[C@H]2Oc2nc(N3CCCCC3)nc3c2CCC3)cc1. The first-order valence-electron chi connectivity index (χ1n) is 10.9. The molecule has 3 heterocycles. The first kappa shape index (κ1) is 18.8. The van der Waals surface area contributed by atoms with Gasteiger partial charge in [-0.15, -0.1) is 0 Å². The van der Waals surface area contributed by atoms with Crippen molar-refractivity contribution in [2.75, 3.05) is 31.2 Å². The molecule has 6 nitrogen and oxygen atoms in total. The lowest BCUT2D eigenvalue weighted by Gasteiger charge is -2.28. The zero-order chi connectivity index (χ0) is 19.5. The molecule has 154 valence electrons. The Morgan fingerprint density at radius 2 is 1.76 bits per heavy atom. The van der Waals surface area contributed by atoms with Gasteiger partial charge in [0, 0.05) is 18.7 Å². The summed E-state index contributed by atoms with van der Waals surface area (Å²) in [7, 11) is 0. The summed E-state index contributed by atoms with van der Waals surface area (Å²) in [5, 5.41) is 0. The zero-order valence-corrected chi connectivity index (χ0v) is 16.9. The number of benzene rings is 1. The molecule has 2 aliphatic heterocycles. The number of piperidine rings is 1. The first-order chi connectivity index (χ1) is 14.4. The minimum absolute atomic E-state index is 0.0827. The Morgan fingerprint density at radius 1 is 0.931 bits per heavy atom. The third-order valence-electron chi connectivity index (χ3n) is 6.07. The Bertz CT molecular complexity index is 824. The van der Waals surface area contributed by atoms with Gasteiger partial charge in [-0.25, -0.2) is 4.98 Å². The van der Waals surface area contributed by atoms with Gasteiger partial charge in [-0.3, -0.25) is 0 Å². The molecule has 1 aliphatic carbocycles. The van der Waals surface area contributed by atoms with E-state index in [1.165, 1.54) is 24.8 Å². The predicted molar refractivity (Wildman–Crippen MR) is 110 cm³/mol. The molecule has 1 aromatic carbocycles. The van der Waals surface area contributed by atoms with Crippen LogP contribution in [0.5, 0.6) is 5.88 Å². The van der Waals surface area contributed by atoms with E-state index in [1.807, 2.05) is 18.2 Å². The van der Waals surface area contributed by atoms with E-state index in [2.05, 4.69) is 17.0 Å². The third kappa shape index (κ3) is 4.23. The highest BCUT2D eigenvalue weighted by Gasteiger charge is 2.33. The minimum atomic E-state index is -0.132. The van der Waals surface area contributed by atoms with Crippen molar-refractivity contribution >= 4 is 5.95 Å². The number of aromatic nitrogens is 2. The van der Waals surface area contributed by atoms with Crippen LogP contribution in [0.4, 0.5) is 5.95 Å². The fourth-order valence-electron chi connectivity index (χ4n) is 4.42. The molecule has 2 saturated heterocycles. The van der Waals surface area contributed by atoms with Crippen molar-refractivity contribution in [2.24, 2.45) is 0 Å². The number of rotatable bonds is 6. The fourth-order valence-corrected chi connectivity index (χ4v) is 4.42. The molecular formula is C23H29N3O3. The van der Waals surface area contributed by atoms with Gasteiger partial charge in [0.25, 0.3) is 0 Å². The molecule has 0 radical (unpaired) electrons. The summed E-state index contributed by atoms with van der Waals surface area (Å²) >= 11 is 0. The monoisotopic (exact) mass is 395 g/mol. The Kier molecular flexibility index (Phi) is 5.63. The van der Waals surface area contributed by atoms with Gasteiger partial charge >= 0.3 is 0 Å². The maximum absolute atomic E-state index is 6.42. The van der Waals surface area contributed by atoms with Crippen LogP contribution in [0.1, 0.15) is 42.5 Å². The second-order valence-electron chi connectivity index (χ2n) is 8.18. The molecule has 6 heteroatoms. The summed E-state index contributed by atoms with van der Waals surface area (Å²) in [5.74, 6) is 1.58. The summed E-state index contributed by atoms with van der Waals surface area (Å²) in [5.41, 5.74) is 3.50. The van der Waals surface area contributed by atoms with Crippen LogP contribution < -0.4 is 9.64 Å². The second-order valence-corrected chi connectivity index (χ2v) is 8.18. The molecule has 0 N–H and O–H groups in total. The third-order valence-corrected chi connectivity index (χ3v) is 6.07. The van der Waals surface area contributed by atoms with Crippen LogP contribution in [0.25, 0.3) is 0 Å². The highest BCUT2D eigenvalue weighted by molar-refractivity contribution is 5.43. The Labute approximate surface area is 172 Å². The van der Waals surface area contributed by atoms with Gasteiger partial charge in [0.1, 0.15) is 6.10 Å². The molecule has 0 bridgehead atoms. The quantitative estimate of drug-likeness (QED) is 0.748. The maximum Gasteiger partial charge on any atom is 0.228 e. The molecule has 3 aliphatic rings. The summed E-state index contributed by atoms with van der Waals surface area (Å²) < 4.78 is 18.3. The average Bonchev–Trinajstić information content (AvgIpc) is 3.43. The van der Waals surface area contributed by atoms with Crippen LogP contribution in [0.3, 0.4) is 0 Å². The maximum atomic E-state index is 6.42. The number of hydrogen-bond acceptors (Lipinski definition) is 6. The van der Waals surface area contributed by atoms with Crippen molar-refractivity contribution in [3.8, 4) is 5.88 Å². The van der Waals surface area contributed by atoms with Crippen molar-refractivity contribution in [1.82, 2.24) is 9.97 Å². The highest BCUT2D eigenvalue weighted by Crippen LogP contribution is 2.32. The normalized spacial score (nSPS) is 23.9. The second kappa shape index (κ2) is 8.67. The van der Waals surface area contributed by atoms with Crippen molar-refractivity contribution in [3.05, 3.63) is 47.2 Å². The van der Waals surface area contributed by atoms with Gasteiger partial charge in [0.2, 0.25) is 11.8 Å². The number of ether oxygens (including phenoxy) is 3. The summed E-state index contributed by atoms with van der Waals surface area (Å²) in [6.07, 6.45) is 6.64. The van der Waals surface area contributed by atoms with Crippen molar-refractivity contribution in [3.63, 3.8) is 0 Å². The number of fused-ring (bicyclic) bond motifs is 1. The predicted octanol–water partition coefficient (Wildman–Crippen LogP) is 3.32. The van der Waals surface area contributed by atoms with E-state index in [1.54, 1.807) is 0 Å². The lowest BCUT2D eigenvalue weighted by Crippen LogP contribution is -2.34. The summed E-state index contributed by atoms with van der Waals surface area (Å²) in [4.78, 5) is 12.1. The van der Waals surface area contributed by atoms with Crippen LogP contribution in [0, 0.1) is 0 Å². The van der Waals surface area contributed by atoms with E-state index in [0.29, 0.717) is 19.8 Å². The van der Waals surface area contributed by atoms with E-state index in [4.69, 9.17) is 24.2 Å². The summed E-state index contributed by atoms with van der Waals surface area (Å²) in [6.45, 7) is 3.73. The van der Waals surface area contributed by atoms with Crippen molar-refractivity contribution < 1.29 is 14.2 Å². The largest absolute Gasteiger partial charge is 0.469 e. The molecule has 0 spiro atoms. The van der Waals surface area contributed by atoms with Crippen molar-refractivity contribution in [1.29, 1.82) is 0 Å². The Morgan fingerprint density at radius 3 is 2.62 bits per heavy atom. The molecule has 0 amide bonds. The van der Waals surface area contributed by atoms with E-state index < -0.39 is 0 Å². The van der Waals surface area contributed by atoms with Crippen LogP contribution >= 0.6 is 0 Å². The van der Waals surface area contributed by atoms with Gasteiger partial charge in [0.05, 0.1) is 25.5 Å². The van der Waals surface area contributed by atoms with Gasteiger partial charge < -0.3 is 19.1 Å². The standard InChI is InChI=1S/C23H29N3O3/c1-3-8-17(9-4-1)14-28-20-15-27-16-21(20)29-22-18-10-7-11-19(18)24-23(25-22)26-12-5-2-6-13-26/h1,3-4,8-9,20-21H,2,5-7,10-16H2/t20-,21-/m1/s1. The van der Waals surface area contributed by atoms with E-state index in [0.717, 1.165) is 55.4 Å². The lowest BCUT2D eigenvalue weighted by molar-refractivity contribution is -0.0116.